The van der Waals surface area contributed by atoms with Crippen molar-refractivity contribution in [1.29, 1.82) is 0 Å². The van der Waals surface area contributed by atoms with Crippen molar-refractivity contribution in [3.63, 3.8) is 0 Å². The quantitative estimate of drug-likeness (QED) is 0.474. The molecule has 0 spiro atoms. The average molecular weight is 255 g/mol. The Morgan fingerprint density at radius 1 is 0.833 bits per heavy atom. The molecule has 0 aliphatic carbocycles. The van der Waals surface area contributed by atoms with Gasteiger partial charge in [0.1, 0.15) is 0 Å². The summed E-state index contributed by atoms with van der Waals surface area (Å²) in [4.78, 5) is 9.61. The van der Waals surface area contributed by atoms with Gasteiger partial charge in [0.05, 0.1) is 32.0 Å². The van der Waals surface area contributed by atoms with Crippen LogP contribution in [0, 0.1) is 0 Å². The summed E-state index contributed by atoms with van der Waals surface area (Å²) in [5.74, 6) is 1.12. The van der Waals surface area contributed by atoms with Crippen LogP contribution < -0.4 is 0 Å². The molecule has 2 aliphatic heterocycles. The van der Waals surface area contributed by atoms with E-state index in [1.54, 1.807) is 0 Å². The van der Waals surface area contributed by atoms with E-state index in [9.17, 15) is 0 Å². The number of hydrogen-bond donors (Lipinski definition) is 0. The summed E-state index contributed by atoms with van der Waals surface area (Å²) in [6.07, 6.45) is 0. The monoisotopic (exact) mass is 255 g/mol. The molecule has 104 valence electrons. The summed E-state index contributed by atoms with van der Waals surface area (Å²) in [5.41, 5.74) is -0.0497. The molecule has 0 unspecified atom stereocenters. The SMILES string of the molecule is CC(C)(C)N=C(N1CCOCC1)N1CCOCC1. The largest absolute Gasteiger partial charge is 0.378 e. The molecule has 0 bridgehead atoms. The van der Waals surface area contributed by atoms with E-state index in [2.05, 4.69) is 30.6 Å². The van der Waals surface area contributed by atoms with Gasteiger partial charge in [0.2, 0.25) is 0 Å². The van der Waals surface area contributed by atoms with Crippen LogP contribution in [-0.2, 0) is 9.47 Å². The molecule has 0 amide bonds. The van der Waals surface area contributed by atoms with Gasteiger partial charge in [-0.3, -0.25) is 0 Å². The van der Waals surface area contributed by atoms with Crippen LogP contribution in [0.2, 0.25) is 0 Å². The van der Waals surface area contributed by atoms with Gasteiger partial charge in [-0.1, -0.05) is 0 Å². The topological polar surface area (TPSA) is 37.3 Å². The fraction of sp³-hybridized carbons (Fsp3) is 0.923. The van der Waals surface area contributed by atoms with Gasteiger partial charge in [-0.25, -0.2) is 4.99 Å². The molecule has 18 heavy (non-hydrogen) atoms. The fourth-order valence-electron chi connectivity index (χ4n) is 2.17. The standard InChI is InChI=1S/C13H25N3O2/c1-13(2,3)14-12(15-4-8-17-9-5-15)16-6-10-18-11-7-16/h4-11H2,1-3H3. The normalized spacial score (nSPS) is 21.9. The van der Waals surface area contributed by atoms with Crippen LogP contribution in [0.4, 0.5) is 0 Å². The van der Waals surface area contributed by atoms with E-state index in [4.69, 9.17) is 14.5 Å². The summed E-state index contributed by atoms with van der Waals surface area (Å²) in [6, 6.07) is 0. The molecule has 0 aromatic carbocycles. The lowest BCUT2D eigenvalue weighted by Gasteiger charge is -2.39. The van der Waals surface area contributed by atoms with Crippen molar-refractivity contribution in [2.24, 2.45) is 4.99 Å². The van der Waals surface area contributed by atoms with Crippen LogP contribution in [0.5, 0.6) is 0 Å². The summed E-state index contributed by atoms with van der Waals surface area (Å²) >= 11 is 0. The molecule has 2 heterocycles. The first-order chi connectivity index (χ1) is 8.56. The summed E-state index contributed by atoms with van der Waals surface area (Å²) < 4.78 is 10.9. The third-order valence-electron chi connectivity index (χ3n) is 3.02. The maximum Gasteiger partial charge on any atom is 0.197 e. The Bertz CT molecular complexity index is 267. The first kappa shape index (κ1) is 13.6. The second-order valence-electron chi connectivity index (χ2n) is 5.78. The van der Waals surface area contributed by atoms with Crippen molar-refractivity contribution in [2.75, 3.05) is 52.6 Å². The van der Waals surface area contributed by atoms with Crippen LogP contribution >= 0.6 is 0 Å². The molecule has 0 saturated carbocycles. The number of guanidine groups is 1. The minimum atomic E-state index is -0.0497. The molecule has 5 heteroatoms. The van der Waals surface area contributed by atoms with Gasteiger partial charge in [-0.2, -0.15) is 0 Å². The zero-order chi connectivity index (χ0) is 13.0. The zero-order valence-corrected chi connectivity index (χ0v) is 11.8. The van der Waals surface area contributed by atoms with E-state index in [0.29, 0.717) is 0 Å². The van der Waals surface area contributed by atoms with Crippen molar-refractivity contribution in [3.05, 3.63) is 0 Å². The van der Waals surface area contributed by atoms with Crippen molar-refractivity contribution < 1.29 is 9.47 Å². The van der Waals surface area contributed by atoms with Gasteiger partial charge >= 0.3 is 0 Å². The molecule has 0 atom stereocenters. The molecule has 2 aliphatic rings. The van der Waals surface area contributed by atoms with Gasteiger partial charge in [0, 0.05) is 26.2 Å². The number of rotatable bonds is 0. The van der Waals surface area contributed by atoms with E-state index in [-0.39, 0.29) is 5.54 Å². The van der Waals surface area contributed by atoms with Gasteiger partial charge in [0.25, 0.3) is 0 Å². The molecular formula is C13H25N3O2. The van der Waals surface area contributed by atoms with Crippen LogP contribution in [0.3, 0.4) is 0 Å². The Morgan fingerprint density at radius 3 is 1.56 bits per heavy atom. The van der Waals surface area contributed by atoms with Crippen molar-refractivity contribution in [3.8, 4) is 0 Å². The zero-order valence-electron chi connectivity index (χ0n) is 11.8. The number of morpholine rings is 2. The van der Waals surface area contributed by atoms with Gasteiger partial charge in [-0.15, -0.1) is 0 Å². The van der Waals surface area contributed by atoms with Crippen LogP contribution in [0.25, 0.3) is 0 Å². The van der Waals surface area contributed by atoms with E-state index in [0.717, 1.165) is 58.6 Å². The van der Waals surface area contributed by atoms with Crippen molar-refractivity contribution in [2.45, 2.75) is 26.3 Å². The molecule has 5 nitrogen and oxygen atoms in total. The third-order valence-corrected chi connectivity index (χ3v) is 3.02. The van der Waals surface area contributed by atoms with E-state index < -0.39 is 0 Å². The smallest absolute Gasteiger partial charge is 0.197 e. The Labute approximate surface area is 110 Å². The summed E-state index contributed by atoms with van der Waals surface area (Å²) in [6.45, 7) is 13.4. The summed E-state index contributed by atoms with van der Waals surface area (Å²) in [7, 11) is 0. The van der Waals surface area contributed by atoms with Gasteiger partial charge in [-0.05, 0) is 20.8 Å². The summed E-state index contributed by atoms with van der Waals surface area (Å²) in [5, 5.41) is 0. The molecule has 2 fully saturated rings. The molecule has 0 aromatic heterocycles. The number of hydrogen-bond acceptors (Lipinski definition) is 3. The third kappa shape index (κ3) is 3.85. The molecular weight excluding hydrogens is 230 g/mol. The highest BCUT2D eigenvalue weighted by Gasteiger charge is 2.24. The highest BCUT2D eigenvalue weighted by atomic mass is 16.5. The molecule has 0 aromatic rings. The fourth-order valence-corrected chi connectivity index (χ4v) is 2.17. The van der Waals surface area contributed by atoms with Crippen LogP contribution in [0.1, 0.15) is 20.8 Å². The van der Waals surface area contributed by atoms with E-state index in [1.807, 2.05) is 0 Å². The second kappa shape index (κ2) is 5.89. The number of aliphatic imine (C=N–C) groups is 1. The lowest BCUT2D eigenvalue weighted by atomic mass is 10.1. The van der Waals surface area contributed by atoms with Crippen LogP contribution in [-0.4, -0.2) is 73.9 Å². The van der Waals surface area contributed by atoms with Crippen LogP contribution in [0.15, 0.2) is 4.99 Å². The first-order valence-corrected chi connectivity index (χ1v) is 6.81. The highest BCUT2D eigenvalue weighted by molar-refractivity contribution is 5.80. The number of ether oxygens (including phenoxy) is 2. The molecule has 0 N–H and O–H groups in total. The molecule has 0 radical (unpaired) electrons. The minimum Gasteiger partial charge on any atom is -0.378 e. The predicted molar refractivity (Wildman–Crippen MR) is 72.0 cm³/mol. The second-order valence-corrected chi connectivity index (χ2v) is 5.78. The average Bonchev–Trinajstić information content (AvgIpc) is 2.37. The predicted octanol–water partition coefficient (Wildman–Crippen LogP) is 0.805. The van der Waals surface area contributed by atoms with Gasteiger partial charge in [0.15, 0.2) is 5.96 Å². The Balaban J connectivity index is 2.13. The lowest BCUT2D eigenvalue weighted by molar-refractivity contribution is 0.0414. The van der Waals surface area contributed by atoms with Crippen molar-refractivity contribution in [1.82, 2.24) is 9.80 Å². The molecule has 2 rings (SSSR count). The maximum absolute atomic E-state index is 5.43. The van der Waals surface area contributed by atoms with Crippen molar-refractivity contribution >= 4 is 5.96 Å². The van der Waals surface area contributed by atoms with E-state index >= 15 is 0 Å². The lowest BCUT2D eigenvalue weighted by Crippen LogP contribution is -2.53. The minimum absolute atomic E-state index is 0.0497. The van der Waals surface area contributed by atoms with Gasteiger partial charge < -0.3 is 19.3 Å². The van der Waals surface area contributed by atoms with E-state index in [1.165, 1.54) is 0 Å². The first-order valence-electron chi connectivity index (χ1n) is 6.81. The number of nitrogens with zero attached hydrogens (tertiary/aromatic N) is 3. The highest BCUT2D eigenvalue weighted by Crippen LogP contribution is 2.13. The Hall–Kier alpha value is -0.810. The maximum atomic E-state index is 5.43. The Morgan fingerprint density at radius 2 is 1.22 bits per heavy atom. The molecule has 2 saturated heterocycles. The Kier molecular flexibility index (Phi) is 4.45.